The van der Waals surface area contributed by atoms with E-state index in [2.05, 4.69) is 25.6 Å². The van der Waals surface area contributed by atoms with Crippen LogP contribution in [0, 0.1) is 0 Å². The summed E-state index contributed by atoms with van der Waals surface area (Å²) in [6, 6.07) is 4.06. The van der Waals surface area contributed by atoms with Gasteiger partial charge < -0.3 is 20.8 Å². The SMILES string of the molecule is CCC(F)CNc1ncc(-c2cc(CN(C)CCF)ccn2)c(NC2CCC(O)CC2)n1.O=C(O)C(F)(F)F. The topological polar surface area (TPSA) is 124 Å². The van der Waals surface area contributed by atoms with Crippen LogP contribution in [0.2, 0.25) is 0 Å². The molecule has 1 unspecified atom stereocenters. The van der Waals surface area contributed by atoms with Gasteiger partial charge in [-0.1, -0.05) is 6.92 Å². The number of nitrogens with zero attached hydrogens (tertiary/aromatic N) is 4. The summed E-state index contributed by atoms with van der Waals surface area (Å²) in [6.07, 6.45) is 0.750. The van der Waals surface area contributed by atoms with Gasteiger partial charge in [-0.15, -0.1) is 0 Å². The van der Waals surface area contributed by atoms with Crippen LogP contribution >= 0.6 is 0 Å². The first kappa shape index (κ1) is 32.1. The summed E-state index contributed by atoms with van der Waals surface area (Å²) in [4.78, 5) is 24.3. The van der Waals surface area contributed by atoms with Gasteiger partial charge in [0.1, 0.15) is 18.7 Å². The van der Waals surface area contributed by atoms with Crippen molar-refractivity contribution in [2.45, 2.75) is 70.1 Å². The highest BCUT2D eigenvalue weighted by Gasteiger charge is 2.38. The highest BCUT2D eigenvalue weighted by molar-refractivity contribution is 5.73. The molecule has 3 rings (SSSR count). The zero-order chi connectivity index (χ0) is 29.0. The van der Waals surface area contributed by atoms with Crippen LogP contribution in [0.3, 0.4) is 0 Å². The molecule has 14 heteroatoms. The average Bonchev–Trinajstić information content (AvgIpc) is 2.89. The molecule has 1 fully saturated rings. The van der Waals surface area contributed by atoms with Gasteiger partial charge in [0.2, 0.25) is 5.95 Å². The maximum atomic E-state index is 13.7. The van der Waals surface area contributed by atoms with Gasteiger partial charge in [-0.05, 0) is 56.8 Å². The fourth-order valence-corrected chi connectivity index (χ4v) is 3.78. The Morgan fingerprint density at radius 3 is 2.49 bits per heavy atom. The molecule has 2 aromatic heterocycles. The number of pyridine rings is 1. The lowest BCUT2D eigenvalue weighted by Gasteiger charge is -2.27. The maximum absolute atomic E-state index is 13.7. The van der Waals surface area contributed by atoms with Crippen LogP contribution in [-0.2, 0) is 11.3 Å². The van der Waals surface area contributed by atoms with Crippen LogP contribution in [0.4, 0.5) is 33.7 Å². The van der Waals surface area contributed by atoms with Gasteiger partial charge in [-0.2, -0.15) is 18.2 Å². The number of rotatable bonds is 11. The molecule has 0 aliphatic heterocycles. The van der Waals surface area contributed by atoms with Gasteiger partial charge in [0.15, 0.2) is 0 Å². The number of aliphatic hydroxyl groups excluding tert-OH is 1. The van der Waals surface area contributed by atoms with Gasteiger partial charge >= 0.3 is 12.1 Å². The molecule has 9 nitrogen and oxygen atoms in total. The first-order valence-electron chi connectivity index (χ1n) is 12.6. The first-order chi connectivity index (χ1) is 18.4. The predicted octanol–water partition coefficient (Wildman–Crippen LogP) is 4.45. The second kappa shape index (κ2) is 15.5. The van der Waals surface area contributed by atoms with E-state index < -0.39 is 25.0 Å². The molecule has 218 valence electrons. The van der Waals surface area contributed by atoms with E-state index >= 15 is 0 Å². The Bertz CT molecular complexity index is 1040. The molecule has 0 aromatic carbocycles. The van der Waals surface area contributed by atoms with Crippen LogP contribution < -0.4 is 10.6 Å². The Morgan fingerprint density at radius 1 is 1.23 bits per heavy atom. The minimum absolute atomic E-state index is 0.152. The summed E-state index contributed by atoms with van der Waals surface area (Å²) < 4.78 is 58.1. The monoisotopic (exact) mass is 562 g/mol. The predicted molar refractivity (Wildman–Crippen MR) is 137 cm³/mol. The number of aliphatic carboxylic acids is 1. The number of alkyl halides is 5. The molecule has 4 N–H and O–H groups in total. The minimum atomic E-state index is -5.08. The van der Waals surface area contributed by atoms with Crippen LogP contribution in [0.25, 0.3) is 11.3 Å². The van der Waals surface area contributed by atoms with Crippen molar-refractivity contribution in [2.24, 2.45) is 0 Å². The number of halogens is 5. The molecule has 39 heavy (non-hydrogen) atoms. The average molecular weight is 563 g/mol. The van der Waals surface area contributed by atoms with Crippen molar-refractivity contribution in [1.82, 2.24) is 19.9 Å². The number of hydrogen-bond acceptors (Lipinski definition) is 8. The Balaban J connectivity index is 0.000000673. The molecular weight excluding hydrogens is 527 g/mol. The van der Waals surface area contributed by atoms with Crippen molar-refractivity contribution in [2.75, 3.05) is 37.4 Å². The molecular formula is C25H35F5N6O3. The van der Waals surface area contributed by atoms with E-state index in [1.54, 1.807) is 19.3 Å². The number of carboxylic acid groups (broad SMARTS) is 1. The molecule has 0 bridgehead atoms. The zero-order valence-corrected chi connectivity index (χ0v) is 21.9. The number of hydrogen-bond donors (Lipinski definition) is 4. The van der Waals surface area contributed by atoms with E-state index in [9.17, 15) is 27.1 Å². The molecule has 0 amide bonds. The van der Waals surface area contributed by atoms with Gasteiger partial charge in [-0.25, -0.2) is 18.6 Å². The molecule has 1 saturated carbocycles. The molecule has 2 heterocycles. The quantitative estimate of drug-likeness (QED) is 0.294. The largest absolute Gasteiger partial charge is 0.490 e. The van der Waals surface area contributed by atoms with Gasteiger partial charge in [0.05, 0.1) is 17.4 Å². The Kier molecular flexibility index (Phi) is 12.7. The molecule has 2 aromatic rings. The van der Waals surface area contributed by atoms with Crippen molar-refractivity contribution in [3.63, 3.8) is 0 Å². The number of aliphatic hydroxyl groups is 1. The molecule has 0 radical (unpaired) electrons. The number of carboxylic acids is 1. The third-order valence-electron chi connectivity index (χ3n) is 6.01. The molecule has 0 spiro atoms. The first-order valence-corrected chi connectivity index (χ1v) is 12.6. The summed E-state index contributed by atoms with van der Waals surface area (Å²) in [5.74, 6) is -1.76. The lowest BCUT2D eigenvalue weighted by Crippen LogP contribution is -2.29. The Hall–Kier alpha value is -3.13. The lowest BCUT2D eigenvalue weighted by molar-refractivity contribution is -0.192. The van der Waals surface area contributed by atoms with E-state index in [0.717, 1.165) is 42.5 Å². The van der Waals surface area contributed by atoms with E-state index in [-0.39, 0.29) is 18.7 Å². The van der Waals surface area contributed by atoms with Crippen LogP contribution in [0.1, 0.15) is 44.6 Å². The third kappa shape index (κ3) is 11.2. The zero-order valence-electron chi connectivity index (χ0n) is 21.9. The summed E-state index contributed by atoms with van der Waals surface area (Å²) >= 11 is 0. The standard InChI is InChI=1S/C23H34F2N6O.C2HF3O2/c1-3-17(25)13-27-23-28-14-20(22(30-23)29-18-4-6-19(32)7-5-18)21-12-16(8-10-26-21)15-31(2)11-9-24;3-2(4,5)1(6)7/h8,10,12,14,17-19,32H,3-7,9,11,13,15H2,1-2H3,(H2,27,28,29,30);(H,6,7). The maximum Gasteiger partial charge on any atom is 0.490 e. The second-order valence-electron chi connectivity index (χ2n) is 9.27. The fourth-order valence-electron chi connectivity index (χ4n) is 3.78. The van der Waals surface area contributed by atoms with Crippen molar-refractivity contribution in [3.8, 4) is 11.3 Å². The molecule has 0 saturated heterocycles. The summed E-state index contributed by atoms with van der Waals surface area (Å²) in [6.45, 7) is 2.54. The van der Waals surface area contributed by atoms with Crippen LogP contribution in [0.15, 0.2) is 24.5 Å². The van der Waals surface area contributed by atoms with Crippen molar-refractivity contribution in [1.29, 1.82) is 0 Å². The van der Waals surface area contributed by atoms with Gasteiger partial charge in [0, 0.05) is 38.1 Å². The van der Waals surface area contributed by atoms with Gasteiger partial charge in [-0.3, -0.25) is 9.88 Å². The van der Waals surface area contributed by atoms with Crippen molar-refractivity contribution >= 4 is 17.7 Å². The lowest BCUT2D eigenvalue weighted by atomic mass is 9.93. The van der Waals surface area contributed by atoms with Crippen LogP contribution in [-0.4, -0.2) is 87.3 Å². The molecule has 1 aliphatic carbocycles. The Morgan fingerprint density at radius 2 is 1.90 bits per heavy atom. The number of aromatic nitrogens is 3. The molecule has 1 aliphatic rings. The van der Waals surface area contributed by atoms with Gasteiger partial charge in [0.25, 0.3) is 0 Å². The molecule has 1 atom stereocenters. The minimum Gasteiger partial charge on any atom is -0.475 e. The van der Waals surface area contributed by atoms with E-state index in [1.165, 1.54) is 0 Å². The van der Waals surface area contributed by atoms with E-state index in [1.807, 2.05) is 24.1 Å². The number of anilines is 2. The summed E-state index contributed by atoms with van der Waals surface area (Å²) in [5, 5.41) is 23.4. The Labute approximate surface area is 223 Å². The third-order valence-corrected chi connectivity index (χ3v) is 6.01. The van der Waals surface area contributed by atoms with Crippen molar-refractivity contribution < 1.29 is 37.0 Å². The summed E-state index contributed by atoms with van der Waals surface area (Å²) in [7, 11) is 1.88. The smallest absolute Gasteiger partial charge is 0.475 e. The summed E-state index contributed by atoms with van der Waals surface area (Å²) in [5.41, 5.74) is 2.49. The van der Waals surface area contributed by atoms with Crippen molar-refractivity contribution in [3.05, 3.63) is 30.1 Å². The second-order valence-corrected chi connectivity index (χ2v) is 9.27. The number of carbonyl (C=O) groups is 1. The highest BCUT2D eigenvalue weighted by Crippen LogP contribution is 2.29. The van der Waals surface area contributed by atoms with E-state index in [0.29, 0.717) is 31.3 Å². The number of nitrogens with one attached hydrogen (secondary N) is 2. The fraction of sp³-hybridized carbons (Fsp3) is 0.600. The van der Waals surface area contributed by atoms with E-state index in [4.69, 9.17) is 9.90 Å². The van der Waals surface area contributed by atoms with Crippen LogP contribution in [0.5, 0.6) is 0 Å². The normalized spacial score (nSPS) is 18.2. The highest BCUT2D eigenvalue weighted by atomic mass is 19.4.